The Morgan fingerprint density at radius 1 is 1.43 bits per heavy atom. The summed E-state index contributed by atoms with van der Waals surface area (Å²) >= 11 is 5.95. The van der Waals surface area contributed by atoms with Gasteiger partial charge in [0.1, 0.15) is 5.38 Å². The Kier molecular flexibility index (Phi) is 4.24. The summed E-state index contributed by atoms with van der Waals surface area (Å²) in [5, 5.41) is -0.326. The van der Waals surface area contributed by atoms with Gasteiger partial charge >= 0.3 is 0 Å². The zero-order valence-electron chi connectivity index (χ0n) is 9.29. The Morgan fingerprint density at radius 3 is 2.36 bits per heavy atom. The van der Waals surface area contributed by atoms with Crippen LogP contribution < -0.4 is 0 Å². The van der Waals surface area contributed by atoms with E-state index in [2.05, 4.69) is 13.8 Å². The normalized spacial score (nSPS) is 30.1. The fraction of sp³-hybridized carbons (Fsp3) is 0.909. The van der Waals surface area contributed by atoms with Crippen molar-refractivity contribution >= 4 is 17.5 Å². The third kappa shape index (κ3) is 2.88. The number of hydrogen-bond donors (Lipinski definition) is 0. The van der Waals surface area contributed by atoms with Gasteiger partial charge in [0, 0.05) is 13.1 Å². The molecule has 0 aromatic carbocycles. The van der Waals surface area contributed by atoms with Crippen LogP contribution in [0.1, 0.15) is 33.6 Å². The van der Waals surface area contributed by atoms with Gasteiger partial charge in [-0.05, 0) is 24.7 Å². The molecule has 0 N–H and O–H groups in total. The maximum absolute atomic E-state index is 11.8. The monoisotopic (exact) mass is 217 g/mol. The second-order valence-electron chi connectivity index (χ2n) is 4.57. The summed E-state index contributed by atoms with van der Waals surface area (Å²) in [4.78, 5) is 13.7. The second kappa shape index (κ2) is 5.01. The Bertz CT molecular complexity index is 197. The fourth-order valence-corrected chi connectivity index (χ4v) is 2.35. The van der Waals surface area contributed by atoms with E-state index in [1.807, 2.05) is 11.8 Å². The molecule has 1 saturated heterocycles. The highest BCUT2D eigenvalue weighted by molar-refractivity contribution is 6.30. The van der Waals surface area contributed by atoms with E-state index < -0.39 is 0 Å². The first-order valence-electron chi connectivity index (χ1n) is 5.47. The van der Waals surface area contributed by atoms with Crippen LogP contribution in [0.3, 0.4) is 0 Å². The Hall–Kier alpha value is -0.240. The molecule has 0 radical (unpaired) electrons. The molecule has 2 nitrogen and oxygen atoms in total. The molecule has 1 amide bonds. The summed E-state index contributed by atoms with van der Waals surface area (Å²) in [5.41, 5.74) is 0. The van der Waals surface area contributed by atoms with Crippen molar-refractivity contribution < 1.29 is 4.79 Å². The number of rotatable bonds is 2. The summed E-state index contributed by atoms with van der Waals surface area (Å²) in [5.74, 6) is 1.35. The average molecular weight is 218 g/mol. The molecule has 0 aromatic rings. The minimum Gasteiger partial charge on any atom is -0.341 e. The number of nitrogens with zero attached hydrogens (tertiary/aromatic N) is 1. The Morgan fingerprint density at radius 2 is 1.93 bits per heavy atom. The fourth-order valence-electron chi connectivity index (χ4n) is 2.22. The van der Waals surface area contributed by atoms with E-state index in [0.29, 0.717) is 11.8 Å². The molecule has 1 fully saturated rings. The number of piperidine rings is 1. The number of carbonyl (C=O) groups excluding carboxylic acids is 1. The Balaban J connectivity index is 2.54. The number of carbonyl (C=O) groups is 1. The summed E-state index contributed by atoms with van der Waals surface area (Å²) in [6, 6.07) is 0. The average Bonchev–Trinajstić information content (AvgIpc) is 2.14. The third-order valence-corrected chi connectivity index (χ3v) is 3.30. The van der Waals surface area contributed by atoms with E-state index in [1.54, 1.807) is 0 Å². The number of amides is 1. The molecule has 0 aromatic heterocycles. The van der Waals surface area contributed by atoms with Crippen molar-refractivity contribution in [3.8, 4) is 0 Å². The first-order valence-corrected chi connectivity index (χ1v) is 5.91. The number of hydrogen-bond acceptors (Lipinski definition) is 1. The van der Waals surface area contributed by atoms with Gasteiger partial charge < -0.3 is 4.90 Å². The molecule has 14 heavy (non-hydrogen) atoms. The van der Waals surface area contributed by atoms with Crippen molar-refractivity contribution in [2.45, 2.75) is 39.0 Å². The largest absolute Gasteiger partial charge is 0.341 e. The Labute approximate surface area is 91.6 Å². The lowest BCUT2D eigenvalue weighted by molar-refractivity contribution is -0.133. The summed E-state index contributed by atoms with van der Waals surface area (Å²) in [7, 11) is 0. The first-order chi connectivity index (χ1) is 6.54. The topological polar surface area (TPSA) is 20.3 Å². The van der Waals surface area contributed by atoms with E-state index in [-0.39, 0.29) is 11.3 Å². The molecule has 3 unspecified atom stereocenters. The molecular weight excluding hydrogens is 198 g/mol. The highest BCUT2D eigenvalue weighted by Gasteiger charge is 2.28. The van der Waals surface area contributed by atoms with Crippen molar-refractivity contribution in [2.75, 3.05) is 13.1 Å². The van der Waals surface area contributed by atoms with Crippen LogP contribution >= 0.6 is 11.6 Å². The van der Waals surface area contributed by atoms with Gasteiger partial charge in [-0.3, -0.25) is 4.79 Å². The molecule has 3 heteroatoms. The van der Waals surface area contributed by atoms with Crippen molar-refractivity contribution in [2.24, 2.45) is 11.8 Å². The van der Waals surface area contributed by atoms with Crippen LogP contribution in [0, 0.1) is 11.8 Å². The van der Waals surface area contributed by atoms with Gasteiger partial charge in [0.15, 0.2) is 0 Å². The van der Waals surface area contributed by atoms with E-state index in [4.69, 9.17) is 11.6 Å². The van der Waals surface area contributed by atoms with E-state index in [9.17, 15) is 4.79 Å². The maximum atomic E-state index is 11.8. The zero-order valence-corrected chi connectivity index (χ0v) is 10.0. The molecular formula is C11H20ClNO. The smallest absolute Gasteiger partial charge is 0.240 e. The van der Waals surface area contributed by atoms with Gasteiger partial charge in [-0.25, -0.2) is 0 Å². The molecule has 0 aliphatic carbocycles. The SMILES string of the molecule is CCC(Cl)C(=O)N1CC(C)CC(C)C1. The highest BCUT2D eigenvalue weighted by Crippen LogP contribution is 2.22. The van der Waals surface area contributed by atoms with Gasteiger partial charge in [-0.15, -0.1) is 11.6 Å². The van der Waals surface area contributed by atoms with Crippen LogP contribution in [-0.2, 0) is 4.79 Å². The van der Waals surface area contributed by atoms with Crippen LogP contribution in [0.5, 0.6) is 0 Å². The van der Waals surface area contributed by atoms with E-state index >= 15 is 0 Å². The molecule has 1 aliphatic heterocycles. The van der Waals surface area contributed by atoms with Crippen LogP contribution in [0.25, 0.3) is 0 Å². The lowest BCUT2D eigenvalue weighted by Crippen LogP contribution is -2.45. The molecule has 0 spiro atoms. The molecule has 1 heterocycles. The van der Waals surface area contributed by atoms with E-state index in [1.165, 1.54) is 6.42 Å². The molecule has 0 saturated carbocycles. The molecule has 0 bridgehead atoms. The lowest BCUT2D eigenvalue weighted by atomic mass is 9.91. The molecule has 1 aliphatic rings. The van der Waals surface area contributed by atoms with Gasteiger partial charge in [0.25, 0.3) is 0 Å². The minimum absolute atomic E-state index is 0.118. The first kappa shape index (κ1) is 11.8. The second-order valence-corrected chi connectivity index (χ2v) is 5.09. The standard InChI is InChI=1S/C11H20ClNO/c1-4-10(12)11(14)13-6-8(2)5-9(3)7-13/h8-10H,4-7H2,1-3H3. The summed E-state index contributed by atoms with van der Waals surface area (Å²) in [6.45, 7) is 8.11. The minimum atomic E-state index is -0.326. The molecule has 3 atom stereocenters. The predicted molar refractivity (Wildman–Crippen MR) is 59.5 cm³/mol. The summed E-state index contributed by atoms with van der Waals surface area (Å²) in [6.07, 6.45) is 1.95. The van der Waals surface area contributed by atoms with Crippen LogP contribution in [0.2, 0.25) is 0 Å². The lowest BCUT2D eigenvalue weighted by Gasteiger charge is -2.35. The van der Waals surface area contributed by atoms with Crippen molar-refractivity contribution in [1.29, 1.82) is 0 Å². The molecule has 82 valence electrons. The van der Waals surface area contributed by atoms with Crippen LogP contribution in [0.4, 0.5) is 0 Å². The van der Waals surface area contributed by atoms with Gasteiger partial charge in [-0.1, -0.05) is 20.8 Å². The zero-order chi connectivity index (χ0) is 10.7. The van der Waals surface area contributed by atoms with Crippen molar-refractivity contribution in [1.82, 2.24) is 4.90 Å². The van der Waals surface area contributed by atoms with Gasteiger partial charge in [-0.2, -0.15) is 0 Å². The number of alkyl halides is 1. The predicted octanol–water partition coefficient (Wildman–Crippen LogP) is 2.51. The van der Waals surface area contributed by atoms with Crippen LogP contribution in [-0.4, -0.2) is 29.3 Å². The quantitative estimate of drug-likeness (QED) is 0.651. The van der Waals surface area contributed by atoms with Gasteiger partial charge in [0.2, 0.25) is 5.91 Å². The van der Waals surface area contributed by atoms with Gasteiger partial charge in [0.05, 0.1) is 0 Å². The highest BCUT2D eigenvalue weighted by atomic mass is 35.5. The van der Waals surface area contributed by atoms with E-state index in [0.717, 1.165) is 19.5 Å². The third-order valence-electron chi connectivity index (χ3n) is 2.81. The van der Waals surface area contributed by atoms with Crippen LogP contribution in [0.15, 0.2) is 0 Å². The molecule has 1 rings (SSSR count). The summed E-state index contributed by atoms with van der Waals surface area (Å²) < 4.78 is 0. The maximum Gasteiger partial charge on any atom is 0.240 e. The number of halogens is 1. The van der Waals surface area contributed by atoms with Crippen molar-refractivity contribution in [3.63, 3.8) is 0 Å². The number of likely N-dealkylation sites (tertiary alicyclic amines) is 1. The van der Waals surface area contributed by atoms with Crippen molar-refractivity contribution in [3.05, 3.63) is 0 Å².